The molecule has 1 unspecified atom stereocenters. The molecule has 1 aliphatic rings. The minimum Gasteiger partial charge on any atom is -0.374 e. The van der Waals surface area contributed by atoms with Crippen molar-refractivity contribution in [2.75, 3.05) is 19.7 Å². The van der Waals surface area contributed by atoms with Crippen LogP contribution in [-0.4, -0.2) is 41.6 Å². The minimum atomic E-state index is 0.0310. The van der Waals surface area contributed by atoms with Crippen molar-refractivity contribution < 1.29 is 9.53 Å². The molecule has 1 saturated heterocycles. The molecule has 27 heavy (non-hydrogen) atoms. The lowest BCUT2D eigenvalue weighted by Crippen LogP contribution is -2.46. The molecule has 0 radical (unpaired) electrons. The molecule has 1 atom stereocenters. The average molecular weight is 378 g/mol. The molecule has 2 aromatic heterocycles. The summed E-state index contributed by atoms with van der Waals surface area (Å²) in [6.45, 7) is 3.71. The second-order valence-electron chi connectivity index (χ2n) is 6.78. The molecule has 1 amide bonds. The van der Waals surface area contributed by atoms with Gasteiger partial charge in [0.1, 0.15) is 0 Å². The normalized spacial score (nSPS) is 17.1. The molecule has 0 aliphatic carbocycles. The number of amides is 1. The van der Waals surface area contributed by atoms with Crippen LogP contribution in [0.1, 0.15) is 21.6 Å². The molecule has 0 bridgehead atoms. The van der Waals surface area contributed by atoms with Gasteiger partial charge < -0.3 is 9.64 Å². The quantitative estimate of drug-likeness (QED) is 0.683. The van der Waals surface area contributed by atoms with Crippen molar-refractivity contribution in [3.8, 4) is 11.3 Å². The molecule has 1 aliphatic heterocycles. The Morgan fingerprint density at radius 2 is 2.07 bits per heavy atom. The van der Waals surface area contributed by atoms with E-state index in [0.29, 0.717) is 25.3 Å². The SMILES string of the molecule is Cc1nc(-c2ccsc2)ccc1C(=O)N1CCOC(Cc2ccccc2)C1. The van der Waals surface area contributed by atoms with Crippen LogP contribution < -0.4 is 0 Å². The zero-order valence-electron chi connectivity index (χ0n) is 15.3. The van der Waals surface area contributed by atoms with Gasteiger partial charge in [0.2, 0.25) is 0 Å². The molecule has 0 spiro atoms. The van der Waals surface area contributed by atoms with Gasteiger partial charge in [0, 0.05) is 30.5 Å². The summed E-state index contributed by atoms with van der Waals surface area (Å²) < 4.78 is 5.89. The van der Waals surface area contributed by atoms with Crippen LogP contribution in [-0.2, 0) is 11.2 Å². The summed E-state index contributed by atoms with van der Waals surface area (Å²) in [7, 11) is 0. The van der Waals surface area contributed by atoms with Crippen LogP contribution >= 0.6 is 11.3 Å². The fraction of sp³-hybridized carbons (Fsp3) is 0.273. The van der Waals surface area contributed by atoms with Gasteiger partial charge in [0.05, 0.1) is 29.7 Å². The summed E-state index contributed by atoms with van der Waals surface area (Å²) >= 11 is 1.65. The van der Waals surface area contributed by atoms with E-state index in [0.717, 1.165) is 23.4 Å². The zero-order valence-corrected chi connectivity index (χ0v) is 16.1. The third-order valence-corrected chi connectivity index (χ3v) is 5.55. The summed E-state index contributed by atoms with van der Waals surface area (Å²) in [4.78, 5) is 19.6. The Kier molecular flexibility index (Phi) is 5.32. The van der Waals surface area contributed by atoms with E-state index >= 15 is 0 Å². The Labute approximate surface area is 163 Å². The first kappa shape index (κ1) is 17.9. The Hall–Kier alpha value is -2.50. The molecule has 138 valence electrons. The zero-order chi connectivity index (χ0) is 18.6. The van der Waals surface area contributed by atoms with Gasteiger partial charge in [-0.3, -0.25) is 9.78 Å². The third-order valence-electron chi connectivity index (χ3n) is 4.87. The lowest BCUT2D eigenvalue weighted by molar-refractivity contribution is -0.0208. The molecule has 1 fully saturated rings. The van der Waals surface area contributed by atoms with Crippen molar-refractivity contribution in [1.82, 2.24) is 9.88 Å². The number of rotatable bonds is 4. The van der Waals surface area contributed by atoms with E-state index in [4.69, 9.17) is 4.74 Å². The first-order valence-corrected chi connectivity index (χ1v) is 10.1. The fourth-order valence-corrected chi connectivity index (χ4v) is 4.08. The first-order valence-electron chi connectivity index (χ1n) is 9.16. The predicted molar refractivity (Wildman–Crippen MR) is 108 cm³/mol. The number of nitrogens with zero attached hydrogens (tertiary/aromatic N) is 2. The fourth-order valence-electron chi connectivity index (χ4n) is 3.43. The van der Waals surface area contributed by atoms with Crippen molar-refractivity contribution in [3.63, 3.8) is 0 Å². The topological polar surface area (TPSA) is 42.4 Å². The second kappa shape index (κ2) is 8.03. The largest absolute Gasteiger partial charge is 0.374 e. The van der Waals surface area contributed by atoms with Gasteiger partial charge in [0.25, 0.3) is 5.91 Å². The van der Waals surface area contributed by atoms with Crippen molar-refractivity contribution in [1.29, 1.82) is 0 Å². The molecule has 0 saturated carbocycles. The van der Waals surface area contributed by atoms with Gasteiger partial charge in [-0.25, -0.2) is 0 Å². The summed E-state index contributed by atoms with van der Waals surface area (Å²) in [5.74, 6) is 0.0400. The highest BCUT2D eigenvalue weighted by molar-refractivity contribution is 7.08. The highest BCUT2D eigenvalue weighted by atomic mass is 32.1. The number of benzene rings is 1. The number of carbonyl (C=O) groups excluding carboxylic acids is 1. The Morgan fingerprint density at radius 3 is 2.81 bits per heavy atom. The van der Waals surface area contributed by atoms with Gasteiger partial charge in [-0.2, -0.15) is 11.3 Å². The maximum atomic E-state index is 13.0. The molecule has 3 aromatic rings. The van der Waals surface area contributed by atoms with Gasteiger partial charge in [-0.05, 0) is 36.1 Å². The summed E-state index contributed by atoms with van der Waals surface area (Å²) in [5.41, 5.74) is 4.68. The van der Waals surface area contributed by atoms with E-state index in [9.17, 15) is 4.79 Å². The van der Waals surface area contributed by atoms with E-state index in [1.807, 2.05) is 53.6 Å². The van der Waals surface area contributed by atoms with Gasteiger partial charge >= 0.3 is 0 Å². The van der Waals surface area contributed by atoms with E-state index in [1.54, 1.807) is 11.3 Å². The maximum Gasteiger partial charge on any atom is 0.255 e. The number of morpholine rings is 1. The number of ether oxygens (including phenoxy) is 1. The van der Waals surface area contributed by atoms with Gasteiger partial charge in [-0.15, -0.1) is 0 Å². The van der Waals surface area contributed by atoms with Gasteiger partial charge in [-0.1, -0.05) is 30.3 Å². The molecule has 3 heterocycles. The van der Waals surface area contributed by atoms with E-state index < -0.39 is 0 Å². The van der Waals surface area contributed by atoms with Crippen molar-refractivity contribution in [2.24, 2.45) is 0 Å². The molecule has 4 rings (SSSR count). The van der Waals surface area contributed by atoms with Crippen molar-refractivity contribution >= 4 is 17.2 Å². The number of carbonyl (C=O) groups is 1. The maximum absolute atomic E-state index is 13.0. The van der Waals surface area contributed by atoms with Crippen LogP contribution in [0.25, 0.3) is 11.3 Å². The number of hydrogen-bond donors (Lipinski definition) is 0. The monoisotopic (exact) mass is 378 g/mol. The molecular formula is C22H22N2O2S. The number of hydrogen-bond acceptors (Lipinski definition) is 4. The summed E-state index contributed by atoms with van der Waals surface area (Å²) in [6.07, 6.45) is 0.849. The van der Waals surface area contributed by atoms with Crippen LogP contribution in [0.4, 0.5) is 0 Å². The molecule has 4 nitrogen and oxygen atoms in total. The Bertz CT molecular complexity index is 909. The highest BCUT2D eigenvalue weighted by Crippen LogP contribution is 2.23. The van der Waals surface area contributed by atoms with E-state index in [1.165, 1.54) is 5.56 Å². The number of aromatic nitrogens is 1. The minimum absolute atomic E-state index is 0.0310. The lowest BCUT2D eigenvalue weighted by atomic mass is 10.1. The second-order valence-corrected chi connectivity index (χ2v) is 7.56. The number of pyridine rings is 1. The van der Waals surface area contributed by atoms with Crippen LogP contribution in [0.3, 0.4) is 0 Å². The highest BCUT2D eigenvalue weighted by Gasteiger charge is 2.26. The average Bonchev–Trinajstić information content (AvgIpc) is 3.23. The summed E-state index contributed by atoms with van der Waals surface area (Å²) in [5, 5.41) is 4.10. The smallest absolute Gasteiger partial charge is 0.255 e. The van der Waals surface area contributed by atoms with Crippen molar-refractivity contribution in [2.45, 2.75) is 19.4 Å². The van der Waals surface area contributed by atoms with Crippen LogP contribution in [0.15, 0.2) is 59.3 Å². The summed E-state index contributed by atoms with van der Waals surface area (Å²) in [6, 6.07) is 16.2. The van der Waals surface area contributed by atoms with E-state index in [-0.39, 0.29) is 12.0 Å². The number of aryl methyl sites for hydroxylation is 1. The molecule has 5 heteroatoms. The lowest BCUT2D eigenvalue weighted by Gasteiger charge is -2.33. The standard InChI is InChI=1S/C22H22N2O2S/c1-16-20(7-8-21(23-16)18-9-12-27-15-18)22(25)24-10-11-26-19(14-24)13-17-5-3-2-4-6-17/h2-9,12,15,19H,10-11,13-14H2,1H3. The van der Waals surface area contributed by atoms with E-state index in [2.05, 4.69) is 22.5 Å². The van der Waals surface area contributed by atoms with Crippen LogP contribution in [0.2, 0.25) is 0 Å². The first-order chi connectivity index (χ1) is 13.2. The van der Waals surface area contributed by atoms with Crippen LogP contribution in [0, 0.1) is 6.92 Å². The van der Waals surface area contributed by atoms with Crippen LogP contribution in [0.5, 0.6) is 0 Å². The third kappa shape index (κ3) is 4.10. The Morgan fingerprint density at radius 1 is 1.22 bits per heavy atom. The molecule has 0 N–H and O–H groups in total. The molecular weight excluding hydrogens is 356 g/mol. The van der Waals surface area contributed by atoms with Crippen molar-refractivity contribution in [3.05, 3.63) is 76.1 Å². The predicted octanol–water partition coefficient (Wildman–Crippen LogP) is 4.20. The Balaban J connectivity index is 1.47. The number of thiophene rings is 1. The van der Waals surface area contributed by atoms with Gasteiger partial charge in [0.15, 0.2) is 0 Å². The molecule has 1 aromatic carbocycles.